The Hall–Kier alpha value is -0.610. The monoisotopic (exact) mass is 256 g/mol. The van der Waals surface area contributed by atoms with Gasteiger partial charge >= 0.3 is 5.97 Å². The van der Waals surface area contributed by atoms with Gasteiger partial charge in [-0.2, -0.15) is 0 Å². The van der Waals surface area contributed by atoms with Crippen LogP contribution in [0.3, 0.4) is 0 Å². The van der Waals surface area contributed by atoms with E-state index in [0.717, 1.165) is 19.3 Å². The Labute approximate surface area is 111 Å². The maximum Gasteiger partial charge on any atom is 0.325 e. The van der Waals surface area contributed by atoms with E-state index in [4.69, 9.17) is 0 Å². The van der Waals surface area contributed by atoms with Crippen molar-refractivity contribution in [1.82, 2.24) is 10.2 Å². The summed E-state index contributed by atoms with van der Waals surface area (Å²) in [6.07, 6.45) is 3.10. The van der Waals surface area contributed by atoms with E-state index in [2.05, 4.69) is 24.1 Å². The number of carbonyl (C=O) groups is 1. The molecule has 0 saturated heterocycles. The zero-order chi connectivity index (χ0) is 13.9. The Balaban J connectivity index is 2.85. The quantitative estimate of drug-likeness (QED) is 0.697. The first-order chi connectivity index (χ1) is 8.33. The van der Waals surface area contributed by atoms with Crippen molar-refractivity contribution in [2.45, 2.75) is 64.6 Å². The van der Waals surface area contributed by atoms with Gasteiger partial charge in [0.05, 0.1) is 0 Å². The van der Waals surface area contributed by atoms with E-state index in [1.54, 1.807) is 0 Å². The van der Waals surface area contributed by atoms with Crippen LogP contribution >= 0.6 is 0 Å². The SMILES string of the molecule is CCC(C)N(C)CC(NC(C)C)(C(=O)O)C1CC1. The van der Waals surface area contributed by atoms with Crippen LogP contribution in [0.4, 0.5) is 0 Å². The zero-order valence-corrected chi connectivity index (χ0v) is 12.4. The van der Waals surface area contributed by atoms with E-state index in [-0.39, 0.29) is 12.0 Å². The number of hydrogen-bond acceptors (Lipinski definition) is 3. The summed E-state index contributed by atoms with van der Waals surface area (Å²) in [5.74, 6) is -0.419. The van der Waals surface area contributed by atoms with Gasteiger partial charge in [-0.25, -0.2) is 0 Å². The lowest BCUT2D eigenvalue weighted by Gasteiger charge is -2.38. The Kier molecular flexibility index (Phi) is 5.17. The summed E-state index contributed by atoms with van der Waals surface area (Å²) < 4.78 is 0. The van der Waals surface area contributed by atoms with Crippen molar-refractivity contribution in [3.63, 3.8) is 0 Å². The summed E-state index contributed by atoms with van der Waals surface area (Å²) in [4.78, 5) is 14.0. The average molecular weight is 256 g/mol. The van der Waals surface area contributed by atoms with Crippen molar-refractivity contribution in [3.8, 4) is 0 Å². The topological polar surface area (TPSA) is 52.6 Å². The van der Waals surface area contributed by atoms with Crippen LogP contribution in [0, 0.1) is 5.92 Å². The van der Waals surface area contributed by atoms with Gasteiger partial charge in [0.25, 0.3) is 0 Å². The van der Waals surface area contributed by atoms with Crippen molar-refractivity contribution in [2.75, 3.05) is 13.6 Å². The lowest BCUT2D eigenvalue weighted by atomic mass is 9.91. The molecule has 0 radical (unpaired) electrons. The minimum atomic E-state index is -0.771. The van der Waals surface area contributed by atoms with Gasteiger partial charge in [-0.1, -0.05) is 6.92 Å². The molecule has 18 heavy (non-hydrogen) atoms. The fourth-order valence-electron chi connectivity index (χ4n) is 2.55. The Bertz CT molecular complexity index is 290. The van der Waals surface area contributed by atoms with Gasteiger partial charge < -0.3 is 10.0 Å². The molecule has 4 nitrogen and oxygen atoms in total. The Morgan fingerprint density at radius 3 is 2.33 bits per heavy atom. The number of likely N-dealkylation sites (N-methyl/N-ethyl adjacent to an activating group) is 1. The van der Waals surface area contributed by atoms with Crippen LogP contribution in [0.5, 0.6) is 0 Å². The van der Waals surface area contributed by atoms with E-state index < -0.39 is 11.5 Å². The maximum atomic E-state index is 11.8. The molecule has 0 amide bonds. The summed E-state index contributed by atoms with van der Waals surface area (Å²) in [5.41, 5.74) is -0.771. The second-order valence-corrected chi connectivity index (χ2v) is 6.02. The summed E-state index contributed by atoms with van der Waals surface area (Å²) in [7, 11) is 2.02. The third kappa shape index (κ3) is 3.45. The van der Waals surface area contributed by atoms with E-state index in [1.165, 1.54) is 0 Å². The van der Waals surface area contributed by atoms with Gasteiger partial charge in [0, 0.05) is 18.6 Å². The van der Waals surface area contributed by atoms with Gasteiger partial charge in [0.2, 0.25) is 0 Å². The van der Waals surface area contributed by atoms with Crippen molar-refractivity contribution in [2.24, 2.45) is 5.92 Å². The van der Waals surface area contributed by atoms with Crippen LogP contribution in [-0.4, -0.2) is 47.2 Å². The highest BCUT2D eigenvalue weighted by molar-refractivity contribution is 5.80. The lowest BCUT2D eigenvalue weighted by Crippen LogP contribution is -2.62. The van der Waals surface area contributed by atoms with Crippen LogP contribution in [0.2, 0.25) is 0 Å². The molecule has 1 rings (SSSR count). The molecule has 2 unspecified atom stereocenters. The van der Waals surface area contributed by atoms with Gasteiger partial charge in [-0.3, -0.25) is 10.1 Å². The highest BCUT2D eigenvalue weighted by Crippen LogP contribution is 2.41. The third-order valence-electron chi connectivity index (χ3n) is 4.04. The van der Waals surface area contributed by atoms with Crippen molar-refractivity contribution in [3.05, 3.63) is 0 Å². The molecule has 1 aliphatic rings. The minimum absolute atomic E-state index is 0.187. The molecular weight excluding hydrogens is 228 g/mol. The Morgan fingerprint density at radius 2 is 2.00 bits per heavy atom. The predicted molar refractivity (Wildman–Crippen MR) is 73.7 cm³/mol. The van der Waals surface area contributed by atoms with Crippen molar-refractivity contribution >= 4 is 5.97 Å². The van der Waals surface area contributed by atoms with Gasteiger partial charge in [0.15, 0.2) is 0 Å². The minimum Gasteiger partial charge on any atom is -0.480 e. The number of carboxylic acids is 1. The molecule has 1 fully saturated rings. The molecule has 0 aliphatic heterocycles. The van der Waals surface area contributed by atoms with Crippen LogP contribution < -0.4 is 5.32 Å². The number of nitrogens with zero attached hydrogens (tertiary/aromatic N) is 1. The Morgan fingerprint density at radius 1 is 1.44 bits per heavy atom. The molecule has 2 atom stereocenters. The number of carboxylic acid groups (broad SMARTS) is 1. The highest BCUT2D eigenvalue weighted by Gasteiger charge is 2.52. The molecule has 106 valence electrons. The van der Waals surface area contributed by atoms with Crippen molar-refractivity contribution in [1.29, 1.82) is 0 Å². The summed E-state index contributed by atoms with van der Waals surface area (Å²) in [5, 5.41) is 13.0. The number of nitrogens with one attached hydrogen (secondary N) is 1. The molecule has 0 aromatic rings. The molecule has 0 aromatic heterocycles. The van der Waals surface area contributed by atoms with Gasteiger partial charge in [-0.05, 0) is 53.0 Å². The molecule has 0 bridgehead atoms. The maximum absolute atomic E-state index is 11.8. The van der Waals surface area contributed by atoms with Gasteiger partial charge in [-0.15, -0.1) is 0 Å². The molecular formula is C14H28N2O2. The van der Waals surface area contributed by atoms with E-state index in [1.807, 2.05) is 20.9 Å². The average Bonchev–Trinajstić information content (AvgIpc) is 3.09. The summed E-state index contributed by atoms with van der Waals surface area (Å²) >= 11 is 0. The second kappa shape index (κ2) is 6.02. The third-order valence-corrected chi connectivity index (χ3v) is 4.04. The standard InChI is InChI=1S/C14H28N2O2/c1-6-11(4)16(5)9-14(13(17)18,12-7-8-12)15-10(2)3/h10-12,15H,6-9H2,1-5H3,(H,17,18). The van der Waals surface area contributed by atoms with E-state index in [0.29, 0.717) is 12.6 Å². The first-order valence-corrected chi connectivity index (χ1v) is 7.04. The molecule has 0 aromatic carbocycles. The predicted octanol–water partition coefficient (Wildman–Crippen LogP) is 1.95. The van der Waals surface area contributed by atoms with Crippen LogP contribution in [0.15, 0.2) is 0 Å². The first-order valence-electron chi connectivity index (χ1n) is 7.04. The van der Waals surface area contributed by atoms with Crippen LogP contribution in [0.1, 0.15) is 47.0 Å². The highest BCUT2D eigenvalue weighted by atomic mass is 16.4. The molecule has 0 spiro atoms. The van der Waals surface area contributed by atoms with Crippen LogP contribution in [0.25, 0.3) is 0 Å². The molecule has 0 heterocycles. The normalized spacial score (nSPS) is 21.1. The van der Waals surface area contributed by atoms with E-state index >= 15 is 0 Å². The fourth-order valence-corrected chi connectivity index (χ4v) is 2.55. The largest absolute Gasteiger partial charge is 0.480 e. The molecule has 1 aliphatic carbocycles. The van der Waals surface area contributed by atoms with Crippen molar-refractivity contribution < 1.29 is 9.90 Å². The summed E-state index contributed by atoms with van der Waals surface area (Å²) in [6.45, 7) is 8.90. The first kappa shape index (κ1) is 15.4. The van der Waals surface area contributed by atoms with E-state index in [9.17, 15) is 9.90 Å². The smallest absolute Gasteiger partial charge is 0.325 e. The lowest BCUT2D eigenvalue weighted by molar-refractivity contribution is -0.147. The fraction of sp³-hybridized carbons (Fsp3) is 0.929. The number of rotatable bonds is 8. The second-order valence-electron chi connectivity index (χ2n) is 6.02. The van der Waals surface area contributed by atoms with Gasteiger partial charge in [0.1, 0.15) is 5.54 Å². The molecule has 2 N–H and O–H groups in total. The molecule has 1 saturated carbocycles. The number of hydrogen-bond donors (Lipinski definition) is 2. The molecule has 4 heteroatoms. The zero-order valence-electron chi connectivity index (χ0n) is 12.4. The summed E-state index contributed by atoms with van der Waals surface area (Å²) in [6, 6.07) is 0.600. The van der Waals surface area contributed by atoms with Crippen LogP contribution in [-0.2, 0) is 4.79 Å². The number of aliphatic carboxylic acids is 1.